The topological polar surface area (TPSA) is 17.1 Å². The Morgan fingerprint density at radius 1 is 1.50 bits per heavy atom. The maximum Gasteiger partial charge on any atom is 0.149 e. The van der Waals surface area contributed by atoms with Crippen LogP contribution in [0.1, 0.15) is 10.4 Å². The Labute approximate surface area is 65.4 Å². The van der Waals surface area contributed by atoms with Crippen molar-refractivity contribution in [2.75, 3.05) is 0 Å². The van der Waals surface area contributed by atoms with Crippen LogP contribution in [0.5, 0.6) is 0 Å². The standard InChI is InChI=1S/C7H6BClO/c8-7-2-1-6(9)3-5(7)4-10/h1-4H,8H2. The highest BCUT2D eigenvalue weighted by atomic mass is 35.5. The molecule has 0 heterocycles. The first-order chi connectivity index (χ1) is 4.74. The summed E-state index contributed by atoms with van der Waals surface area (Å²) in [5, 5.41) is 0.604. The maximum atomic E-state index is 10.3. The van der Waals surface area contributed by atoms with Gasteiger partial charge in [-0.2, -0.15) is 0 Å². The largest absolute Gasteiger partial charge is 0.298 e. The molecule has 10 heavy (non-hydrogen) atoms. The van der Waals surface area contributed by atoms with E-state index in [4.69, 9.17) is 11.6 Å². The summed E-state index contributed by atoms with van der Waals surface area (Å²) in [7, 11) is 1.88. The van der Waals surface area contributed by atoms with Gasteiger partial charge in [0.1, 0.15) is 14.1 Å². The zero-order chi connectivity index (χ0) is 7.56. The van der Waals surface area contributed by atoms with Gasteiger partial charge in [0.25, 0.3) is 0 Å². The highest BCUT2D eigenvalue weighted by Crippen LogP contribution is 2.06. The molecule has 0 aromatic heterocycles. The average Bonchev–Trinajstić information content (AvgIpc) is 1.94. The minimum absolute atomic E-state index is 0.604. The summed E-state index contributed by atoms with van der Waals surface area (Å²) in [5.74, 6) is 0. The molecule has 0 bridgehead atoms. The van der Waals surface area contributed by atoms with Crippen molar-refractivity contribution in [1.29, 1.82) is 0 Å². The number of carbonyl (C=O) groups excluding carboxylic acids is 1. The Morgan fingerprint density at radius 2 is 2.20 bits per heavy atom. The summed E-state index contributed by atoms with van der Waals surface area (Å²) in [4.78, 5) is 10.3. The lowest BCUT2D eigenvalue weighted by molar-refractivity contribution is 0.112. The number of aldehydes is 1. The highest BCUT2D eigenvalue weighted by Gasteiger charge is 1.95. The van der Waals surface area contributed by atoms with Crippen molar-refractivity contribution in [3.63, 3.8) is 0 Å². The van der Waals surface area contributed by atoms with E-state index < -0.39 is 0 Å². The van der Waals surface area contributed by atoms with E-state index in [0.29, 0.717) is 10.6 Å². The second-order valence-electron chi connectivity index (χ2n) is 2.12. The summed E-state index contributed by atoms with van der Waals surface area (Å²) in [6.07, 6.45) is 0.807. The zero-order valence-corrected chi connectivity index (χ0v) is 6.35. The molecule has 1 aromatic rings. The molecule has 0 amide bonds. The minimum Gasteiger partial charge on any atom is -0.298 e. The number of hydrogen-bond acceptors (Lipinski definition) is 1. The Morgan fingerprint density at radius 3 is 2.70 bits per heavy atom. The zero-order valence-electron chi connectivity index (χ0n) is 5.60. The van der Waals surface area contributed by atoms with Crippen molar-refractivity contribution in [2.45, 2.75) is 0 Å². The van der Waals surface area contributed by atoms with E-state index in [1.54, 1.807) is 12.1 Å². The van der Waals surface area contributed by atoms with Crippen LogP contribution in [-0.2, 0) is 0 Å². The Balaban J connectivity index is 3.21. The quantitative estimate of drug-likeness (QED) is 0.421. The van der Waals surface area contributed by atoms with Gasteiger partial charge in [-0.1, -0.05) is 23.1 Å². The van der Waals surface area contributed by atoms with Gasteiger partial charge in [-0.15, -0.1) is 0 Å². The lowest BCUT2D eigenvalue weighted by Gasteiger charge is -1.96. The molecule has 0 saturated carbocycles. The smallest absolute Gasteiger partial charge is 0.149 e. The molecule has 3 heteroatoms. The van der Waals surface area contributed by atoms with Crippen LogP contribution in [0.25, 0.3) is 0 Å². The monoisotopic (exact) mass is 152 g/mol. The summed E-state index contributed by atoms with van der Waals surface area (Å²) >= 11 is 5.64. The lowest BCUT2D eigenvalue weighted by atomic mass is 9.91. The van der Waals surface area contributed by atoms with Crippen LogP contribution >= 0.6 is 11.6 Å². The first-order valence-electron chi connectivity index (χ1n) is 2.95. The molecule has 0 unspecified atom stereocenters. The fourth-order valence-corrected chi connectivity index (χ4v) is 0.919. The van der Waals surface area contributed by atoms with Crippen LogP contribution in [0.2, 0.25) is 5.02 Å². The number of rotatable bonds is 1. The third-order valence-corrected chi connectivity index (χ3v) is 1.60. The Hall–Kier alpha value is -0.755. The number of carbonyl (C=O) groups is 1. The average molecular weight is 152 g/mol. The molecule has 0 aliphatic heterocycles. The van der Waals surface area contributed by atoms with Gasteiger partial charge in [0.2, 0.25) is 0 Å². The molecule has 0 aliphatic carbocycles. The molecule has 1 nitrogen and oxygen atoms in total. The van der Waals surface area contributed by atoms with E-state index in [-0.39, 0.29) is 0 Å². The molecule has 1 aromatic carbocycles. The predicted molar refractivity (Wildman–Crippen MR) is 45.0 cm³/mol. The molecule has 1 rings (SSSR count). The van der Waals surface area contributed by atoms with Crippen LogP contribution in [0, 0.1) is 0 Å². The maximum absolute atomic E-state index is 10.3. The summed E-state index contributed by atoms with van der Waals surface area (Å²) in [6, 6.07) is 5.25. The molecule has 0 aliphatic rings. The van der Waals surface area contributed by atoms with Crippen LogP contribution < -0.4 is 5.46 Å². The van der Waals surface area contributed by atoms with Crippen molar-refractivity contribution in [2.24, 2.45) is 0 Å². The Kier molecular flexibility index (Phi) is 2.12. The van der Waals surface area contributed by atoms with Crippen LogP contribution in [-0.4, -0.2) is 14.1 Å². The van der Waals surface area contributed by atoms with Crippen molar-refractivity contribution in [1.82, 2.24) is 0 Å². The van der Waals surface area contributed by atoms with Gasteiger partial charge >= 0.3 is 0 Å². The van der Waals surface area contributed by atoms with Gasteiger partial charge in [-0.25, -0.2) is 0 Å². The molecular weight excluding hydrogens is 146 g/mol. The minimum atomic E-state index is 0.604. The van der Waals surface area contributed by atoms with E-state index in [1.165, 1.54) is 0 Å². The molecular formula is C7H6BClO. The summed E-state index contributed by atoms with van der Waals surface area (Å²) < 4.78 is 0. The van der Waals surface area contributed by atoms with Crippen molar-refractivity contribution in [3.8, 4) is 0 Å². The van der Waals surface area contributed by atoms with Gasteiger partial charge in [-0.3, -0.25) is 4.79 Å². The van der Waals surface area contributed by atoms with Gasteiger partial charge < -0.3 is 0 Å². The normalized spacial score (nSPS) is 9.30. The molecule has 0 radical (unpaired) electrons. The van der Waals surface area contributed by atoms with E-state index >= 15 is 0 Å². The fourth-order valence-electron chi connectivity index (χ4n) is 0.738. The number of halogens is 1. The van der Waals surface area contributed by atoms with Crippen LogP contribution in [0.15, 0.2) is 18.2 Å². The first-order valence-corrected chi connectivity index (χ1v) is 3.33. The molecule has 50 valence electrons. The second kappa shape index (κ2) is 2.89. The third kappa shape index (κ3) is 1.39. The van der Waals surface area contributed by atoms with Crippen molar-refractivity contribution in [3.05, 3.63) is 28.8 Å². The molecule has 0 fully saturated rings. The van der Waals surface area contributed by atoms with Gasteiger partial charge in [0.15, 0.2) is 0 Å². The van der Waals surface area contributed by atoms with Crippen molar-refractivity contribution < 1.29 is 4.79 Å². The molecule has 0 atom stereocenters. The van der Waals surface area contributed by atoms with E-state index in [2.05, 4.69) is 0 Å². The summed E-state index contributed by atoms with van der Waals surface area (Å²) in [5.41, 5.74) is 1.62. The van der Waals surface area contributed by atoms with Crippen molar-refractivity contribution >= 4 is 31.2 Å². The number of hydrogen-bond donors (Lipinski definition) is 0. The third-order valence-electron chi connectivity index (χ3n) is 1.37. The molecule has 0 N–H and O–H groups in total. The molecule has 0 spiro atoms. The van der Waals surface area contributed by atoms with Crippen LogP contribution in [0.4, 0.5) is 0 Å². The number of benzene rings is 1. The molecule has 0 saturated heterocycles. The fraction of sp³-hybridized carbons (Fsp3) is 0. The SMILES string of the molecule is Bc1ccc(Cl)cc1C=O. The Bertz CT molecular complexity index is 260. The van der Waals surface area contributed by atoms with E-state index in [1.807, 2.05) is 13.9 Å². The second-order valence-corrected chi connectivity index (χ2v) is 2.56. The van der Waals surface area contributed by atoms with E-state index in [9.17, 15) is 4.79 Å². The highest BCUT2D eigenvalue weighted by molar-refractivity contribution is 6.37. The first kappa shape index (κ1) is 7.35. The van der Waals surface area contributed by atoms with Gasteiger partial charge in [0, 0.05) is 10.6 Å². The van der Waals surface area contributed by atoms with Crippen LogP contribution in [0.3, 0.4) is 0 Å². The summed E-state index contributed by atoms with van der Waals surface area (Å²) in [6.45, 7) is 0. The van der Waals surface area contributed by atoms with Gasteiger partial charge in [0.05, 0.1) is 0 Å². The van der Waals surface area contributed by atoms with Gasteiger partial charge in [-0.05, 0) is 12.1 Å². The predicted octanol–water partition coefficient (Wildman–Crippen LogP) is 0.411. The van der Waals surface area contributed by atoms with E-state index in [0.717, 1.165) is 11.7 Å². The lowest BCUT2D eigenvalue weighted by Crippen LogP contribution is -2.08.